The quantitative estimate of drug-likeness (QED) is 0.816. The zero-order valence-electron chi connectivity index (χ0n) is 14.2. The Hall–Kier alpha value is -1.06. The van der Waals surface area contributed by atoms with Gasteiger partial charge in [-0.3, -0.25) is 9.59 Å². The number of amides is 1. The first kappa shape index (κ1) is 18.0. The molecule has 4 heteroatoms. The van der Waals surface area contributed by atoms with E-state index in [1.54, 1.807) is 0 Å². The number of rotatable bonds is 5. The van der Waals surface area contributed by atoms with Gasteiger partial charge in [-0.05, 0) is 43.4 Å². The summed E-state index contributed by atoms with van der Waals surface area (Å²) in [6.07, 6.45) is 5.21. The molecule has 1 fully saturated rings. The molecule has 4 nitrogen and oxygen atoms in total. The van der Waals surface area contributed by atoms with Crippen molar-refractivity contribution in [2.45, 2.75) is 66.7 Å². The third-order valence-electron chi connectivity index (χ3n) is 4.62. The second-order valence-corrected chi connectivity index (χ2v) is 8.34. The lowest BCUT2D eigenvalue weighted by Crippen LogP contribution is -2.40. The van der Waals surface area contributed by atoms with Gasteiger partial charge in [-0.15, -0.1) is 0 Å². The molecular formula is C17H31NO3. The summed E-state index contributed by atoms with van der Waals surface area (Å²) in [5, 5.41) is 12.2. The summed E-state index contributed by atoms with van der Waals surface area (Å²) in [6.45, 7) is 10.3. The molecule has 1 saturated carbocycles. The Bertz CT molecular complexity index is 372. The number of hydrogen-bond acceptors (Lipinski definition) is 2. The third kappa shape index (κ3) is 6.06. The summed E-state index contributed by atoms with van der Waals surface area (Å²) >= 11 is 0. The van der Waals surface area contributed by atoms with Crippen LogP contribution in [0.1, 0.15) is 66.7 Å². The summed E-state index contributed by atoms with van der Waals surface area (Å²) < 4.78 is 0. The van der Waals surface area contributed by atoms with Crippen LogP contribution in [-0.2, 0) is 9.59 Å². The van der Waals surface area contributed by atoms with E-state index >= 15 is 0 Å². The molecule has 1 rings (SSSR count). The van der Waals surface area contributed by atoms with Crippen LogP contribution in [0, 0.1) is 22.7 Å². The maximum absolute atomic E-state index is 11.9. The minimum absolute atomic E-state index is 0.0847. The molecule has 0 aromatic carbocycles. The standard InChI is InChI=1S/C17H31NO3/c1-16(2,3)15(21)18-11-13(14(19)20)10-12-6-8-17(4,5)9-7-12/h12-13H,6-11H2,1-5H3,(H,18,21)(H,19,20). The minimum Gasteiger partial charge on any atom is -0.481 e. The van der Waals surface area contributed by atoms with Crippen LogP contribution < -0.4 is 5.32 Å². The molecule has 1 aliphatic rings. The Morgan fingerprint density at radius 2 is 1.76 bits per heavy atom. The number of carboxylic acid groups (broad SMARTS) is 1. The number of carboxylic acids is 1. The van der Waals surface area contributed by atoms with Crippen LogP contribution in [-0.4, -0.2) is 23.5 Å². The molecule has 1 aliphatic carbocycles. The molecule has 2 N–H and O–H groups in total. The molecule has 21 heavy (non-hydrogen) atoms. The van der Waals surface area contributed by atoms with Gasteiger partial charge in [0, 0.05) is 12.0 Å². The average molecular weight is 297 g/mol. The molecule has 1 amide bonds. The van der Waals surface area contributed by atoms with E-state index in [1.165, 1.54) is 12.8 Å². The van der Waals surface area contributed by atoms with Gasteiger partial charge in [0.1, 0.15) is 0 Å². The second-order valence-electron chi connectivity index (χ2n) is 8.34. The monoisotopic (exact) mass is 297 g/mol. The van der Waals surface area contributed by atoms with Crippen LogP contribution >= 0.6 is 0 Å². The first-order valence-corrected chi connectivity index (χ1v) is 8.02. The lowest BCUT2D eigenvalue weighted by molar-refractivity contribution is -0.142. The van der Waals surface area contributed by atoms with Gasteiger partial charge in [-0.1, -0.05) is 34.6 Å². The predicted molar refractivity (Wildman–Crippen MR) is 83.9 cm³/mol. The summed E-state index contributed by atoms with van der Waals surface area (Å²) in [5.74, 6) is -0.874. The second kappa shape index (κ2) is 6.80. The van der Waals surface area contributed by atoms with Crippen molar-refractivity contribution in [3.63, 3.8) is 0 Å². The maximum atomic E-state index is 11.9. The number of carbonyl (C=O) groups is 2. The van der Waals surface area contributed by atoms with E-state index in [1.807, 2.05) is 20.8 Å². The smallest absolute Gasteiger partial charge is 0.308 e. The van der Waals surface area contributed by atoms with Crippen molar-refractivity contribution in [3.8, 4) is 0 Å². The van der Waals surface area contributed by atoms with Gasteiger partial charge < -0.3 is 10.4 Å². The highest BCUT2D eigenvalue weighted by Gasteiger charge is 2.31. The van der Waals surface area contributed by atoms with E-state index in [-0.39, 0.29) is 12.5 Å². The Morgan fingerprint density at radius 3 is 2.19 bits per heavy atom. The molecule has 0 bridgehead atoms. The maximum Gasteiger partial charge on any atom is 0.308 e. The van der Waals surface area contributed by atoms with Crippen molar-refractivity contribution in [1.82, 2.24) is 5.32 Å². The Kier molecular flexibility index (Phi) is 5.83. The number of aliphatic carboxylic acids is 1. The fourth-order valence-corrected chi connectivity index (χ4v) is 2.85. The molecule has 0 aliphatic heterocycles. The SMILES string of the molecule is CC1(C)CCC(CC(CNC(=O)C(C)(C)C)C(=O)O)CC1. The number of hydrogen-bond donors (Lipinski definition) is 2. The van der Waals surface area contributed by atoms with E-state index in [0.717, 1.165) is 12.8 Å². The molecular weight excluding hydrogens is 266 g/mol. The number of nitrogens with one attached hydrogen (secondary N) is 1. The van der Waals surface area contributed by atoms with Crippen molar-refractivity contribution in [3.05, 3.63) is 0 Å². The summed E-state index contributed by atoms with van der Waals surface area (Å²) in [4.78, 5) is 23.3. The van der Waals surface area contributed by atoms with Gasteiger partial charge in [-0.25, -0.2) is 0 Å². The van der Waals surface area contributed by atoms with E-state index in [4.69, 9.17) is 0 Å². The van der Waals surface area contributed by atoms with Gasteiger partial charge in [0.15, 0.2) is 0 Å². The van der Waals surface area contributed by atoms with E-state index in [0.29, 0.717) is 17.8 Å². The van der Waals surface area contributed by atoms with Crippen molar-refractivity contribution >= 4 is 11.9 Å². The van der Waals surface area contributed by atoms with Gasteiger partial charge in [-0.2, -0.15) is 0 Å². The molecule has 0 saturated heterocycles. The largest absolute Gasteiger partial charge is 0.481 e. The fraction of sp³-hybridized carbons (Fsp3) is 0.882. The molecule has 1 atom stereocenters. The lowest BCUT2D eigenvalue weighted by Gasteiger charge is -2.35. The van der Waals surface area contributed by atoms with Crippen LogP contribution in [0.3, 0.4) is 0 Å². The van der Waals surface area contributed by atoms with Crippen molar-refractivity contribution in [1.29, 1.82) is 0 Å². The van der Waals surface area contributed by atoms with Crippen LogP contribution in [0.4, 0.5) is 0 Å². The first-order valence-electron chi connectivity index (χ1n) is 8.02. The van der Waals surface area contributed by atoms with Crippen LogP contribution in [0.25, 0.3) is 0 Å². The highest BCUT2D eigenvalue weighted by Crippen LogP contribution is 2.40. The van der Waals surface area contributed by atoms with Crippen LogP contribution in [0.15, 0.2) is 0 Å². The normalized spacial score (nSPS) is 20.8. The summed E-state index contributed by atoms with van der Waals surface area (Å²) in [6, 6.07) is 0. The van der Waals surface area contributed by atoms with Gasteiger partial charge >= 0.3 is 5.97 Å². The molecule has 0 radical (unpaired) electrons. The Labute approximate surface area is 128 Å². The zero-order chi connectivity index (χ0) is 16.3. The minimum atomic E-state index is -0.797. The Morgan fingerprint density at radius 1 is 1.24 bits per heavy atom. The highest BCUT2D eigenvalue weighted by atomic mass is 16.4. The summed E-state index contributed by atoms with van der Waals surface area (Å²) in [5.41, 5.74) is -0.0758. The molecule has 1 unspecified atom stereocenters. The number of carbonyl (C=O) groups excluding carboxylic acids is 1. The van der Waals surface area contributed by atoms with Crippen molar-refractivity contribution in [2.24, 2.45) is 22.7 Å². The van der Waals surface area contributed by atoms with Gasteiger partial charge in [0.2, 0.25) is 5.91 Å². The molecule has 0 aromatic heterocycles. The highest BCUT2D eigenvalue weighted by molar-refractivity contribution is 5.82. The van der Waals surface area contributed by atoms with E-state index < -0.39 is 17.3 Å². The lowest BCUT2D eigenvalue weighted by atomic mass is 9.71. The van der Waals surface area contributed by atoms with Crippen molar-refractivity contribution in [2.75, 3.05) is 6.54 Å². The Balaban J connectivity index is 2.48. The fourth-order valence-electron chi connectivity index (χ4n) is 2.85. The van der Waals surface area contributed by atoms with E-state index in [9.17, 15) is 14.7 Å². The topological polar surface area (TPSA) is 66.4 Å². The van der Waals surface area contributed by atoms with Crippen molar-refractivity contribution < 1.29 is 14.7 Å². The predicted octanol–water partition coefficient (Wildman–Crippen LogP) is 3.46. The third-order valence-corrected chi connectivity index (χ3v) is 4.62. The van der Waals surface area contributed by atoms with E-state index in [2.05, 4.69) is 19.2 Å². The van der Waals surface area contributed by atoms with Gasteiger partial charge in [0.25, 0.3) is 0 Å². The molecule has 122 valence electrons. The molecule has 0 aromatic rings. The van der Waals surface area contributed by atoms with Gasteiger partial charge in [0.05, 0.1) is 5.92 Å². The van der Waals surface area contributed by atoms with Crippen LogP contribution in [0.2, 0.25) is 0 Å². The summed E-state index contributed by atoms with van der Waals surface area (Å²) in [7, 11) is 0. The zero-order valence-corrected chi connectivity index (χ0v) is 14.2. The van der Waals surface area contributed by atoms with Crippen LogP contribution in [0.5, 0.6) is 0 Å². The first-order chi connectivity index (χ1) is 9.51. The molecule has 0 heterocycles. The average Bonchev–Trinajstić information content (AvgIpc) is 2.34. The molecule has 0 spiro atoms.